The lowest BCUT2D eigenvalue weighted by atomic mass is 11.7. The van der Waals surface area contributed by atoms with E-state index in [4.69, 9.17) is 9.11 Å². The Morgan fingerprint density at radius 2 is 1.62 bits per heavy atom. The Morgan fingerprint density at radius 3 is 1.62 bits per heavy atom. The van der Waals surface area contributed by atoms with Gasteiger partial charge in [-0.15, -0.1) is 0 Å². The van der Waals surface area contributed by atoms with Gasteiger partial charge in [0.2, 0.25) is 0 Å². The van der Waals surface area contributed by atoms with Gasteiger partial charge in [0, 0.05) is 6.26 Å². The molecule has 6 heteroatoms. The second kappa shape index (κ2) is 1.46. The van der Waals surface area contributed by atoms with Crippen molar-refractivity contribution >= 4 is 9.63 Å². The molecule has 0 saturated heterocycles. The molecule has 52 valence electrons. The summed E-state index contributed by atoms with van der Waals surface area (Å²) in [6.07, 6.45) is 0.196. The number of alkyl halides is 2. The van der Waals surface area contributed by atoms with E-state index in [1.54, 1.807) is 0 Å². The Hall–Kier alpha value is -0.0700. The zero-order valence-corrected chi connectivity index (χ0v) is 4.86. The van der Waals surface area contributed by atoms with Crippen LogP contribution >= 0.6 is 0 Å². The van der Waals surface area contributed by atoms with Gasteiger partial charge in [-0.2, -0.15) is 8.78 Å². The van der Waals surface area contributed by atoms with Crippen LogP contribution in [0.3, 0.4) is 0 Å². The normalized spacial score (nSPS) is 18.0. The van der Waals surface area contributed by atoms with Crippen molar-refractivity contribution in [2.75, 3.05) is 6.26 Å². The van der Waals surface area contributed by atoms with E-state index < -0.39 is 15.4 Å². The van der Waals surface area contributed by atoms with Gasteiger partial charge in [-0.25, -0.2) is 4.21 Å². The average molecular weight is 148 g/mol. The quantitative estimate of drug-likeness (QED) is 0.572. The van der Waals surface area contributed by atoms with Gasteiger partial charge in [0.1, 0.15) is 9.63 Å². The zero-order chi connectivity index (χ0) is 7.02. The molecule has 0 atom stereocenters. The van der Waals surface area contributed by atoms with Crippen molar-refractivity contribution in [1.29, 1.82) is 0 Å². The summed E-state index contributed by atoms with van der Waals surface area (Å²) in [7, 11) is -5.55. The summed E-state index contributed by atoms with van der Waals surface area (Å²) in [4.78, 5) is 0. The fraction of sp³-hybridized carbons (Fsp3) is 1.00. The molecular formula is C2H6F2O3S. The maximum absolute atomic E-state index is 11.2. The zero-order valence-electron chi connectivity index (χ0n) is 4.04. The molecule has 0 aromatic rings. The minimum absolute atomic E-state index is 0.196. The van der Waals surface area contributed by atoms with Crippen molar-refractivity contribution in [2.24, 2.45) is 0 Å². The maximum Gasteiger partial charge on any atom is 0.332 e. The van der Waals surface area contributed by atoms with Crippen molar-refractivity contribution in [3.63, 3.8) is 0 Å². The third-order valence-corrected chi connectivity index (χ3v) is 1.23. The van der Waals surface area contributed by atoms with E-state index in [2.05, 4.69) is 0 Å². The molecule has 0 radical (unpaired) electrons. The molecular weight excluding hydrogens is 142 g/mol. The van der Waals surface area contributed by atoms with E-state index in [0.29, 0.717) is 0 Å². The highest BCUT2D eigenvalue weighted by molar-refractivity contribution is 8.09. The second-order valence-corrected chi connectivity index (χ2v) is 4.53. The lowest BCUT2D eigenvalue weighted by Gasteiger charge is -2.22. The summed E-state index contributed by atoms with van der Waals surface area (Å²) in [6.45, 7) is 0. The molecule has 0 fully saturated rings. The first kappa shape index (κ1) is 7.93. The van der Waals surface area contributed by atoms with Gasteiger partial charge in [-0.3, -0.25) is 0 Å². The van der Waals surface area contributed by atoms with E-state index in [-0.39, 0.29) is 6.26 Å². The third-order valence-electron chi connectivity index (χ3n) is 0.410. The summed E-state index contributed by atoms with van der Waals surface area (Å²) in [5.74, 6) is -3.59. The first-order chi connectivity index (χ1) is 3.20. The molecule has 0 aliphatic rings. The van der Waals surface area contributed by atoms with Crippen molar-refractivity contribution in [3.8, 4) is 0 Å². The van der Waals surface area contributed by atoms with Crippen molar-refractivity contribution < 1.29 is 22.1 Å². The predicted molar refractivity (Wildman–Crippen MR) is 25.3 cm³/mol. The molecule has 0 aromatic heterocycles. The second-order valence-electron chi connectivity index (χ2n) is 1.57. The summed E-state index contributed by atoms with van der Waals surface area (Å²) in [6, 6.07) is 0. The number of hydrogen-bond acceptors (Lipinski definition) is 1. The van der Waals surface area contributed by atoms with Crippen LogP contribution < -0.4 is 0 Å². The lowest BCUT2D eigenvalue weighted by Crippen LogP contribution is -2.36. The van der Waals surface area contributed by atoms with Crippen LogP contribution in [0.1, 0.15) is 0 Å². The molecule has 0 saturated carbocycles. The fourth-order valence-corrected chi connectivity index (χ4v) is 0. The Labute approximate surface area is 44.8 Å². The first-order valence-electron chi connectivity index (χ1n) is 1.61. The highest BCUT2D eigenvalue weighted by Crippen LogP contribution is 2.20. The van der Waals surface area contributed by atoms with Gasteiger partial charge in [-0.1, -0.05) is 0 Å². The van der Waals surface area contributed by atoms with Crippen LogP contribution in [0.4, 0.5) is 8.78 Å². The topological polar surface area (TPSA) is 57.5 Å². The van der Waals surface area contributed by atoms with E-state index in [1.165, 1.54) is 0 Å². The summed E-state index contributed by atoms with van der Waals surface area (Å²) in [5.41, 5.74) is 0. The molecule has 0 heterocycles. The van der Waals surface area contributed by atoms with Crippen LogP contribution in [0, 0.1) is 0 Å². The van der Waals surface area contributed by atoms with Crippen molar-refractivity contribution in [2.45, 2.75) is 5.76 Å². The monoisotopic (exact) mass is 148 g/mol. The molecule has 0 aromatic carbocycles. The van der Waals surface area contributed by atoms with Gasteiger partial charge in [0.05, 0.1) is 0 Å². The molecule has 2 N–H and O–H groups in total. The smallest absolute Gasteiger partial charge is 0.304 e. The molecule has 0 bridgehead atoms. The highest BCUT2D eigenvalue weighted by Gasteiger charge is 2.35. The van der Waals surface area contributed by atoms with Crippen LogP contribution in [0.15, 0.2) is 0 Å². The van der Waals surface area contributed by atoms with E-state index in [9.17, 15) is 13.0 Å². The van der Waals surface area contributed by atoms with Crippen LogP contribution in [0.5, 0.6) is 0 Å². The Balaban J connectivity index is 4.40. The van der Waals surface area contributed by atoms with Gasteiger partial charge < -0.3 is 9.11 Å². The maximum atomic E-state index is 11.2. The van der Waals surface area contributed by atoms with Crippen LogP contribution in [0.2, 0.25) is 0 Å². The summed E-state index contributed by atoms with van der Waals surface area (Å²) in [5, 5.41) is 0. The number of halogens is 2. The van der Waals surface area contributed by atoms with Gasteiger partial charge in [0.25, 0.3) is 0 Å². The fourth-order valence-electron chi connectivity index (χ4n) is 0. The standard InChI is InChI=1S/C2H6F2O3S/c1-8(5,6,7)2(3)4/h2H,1H3,(H2,5,6,7). The Bertz CT molecular complexity index is 136. The van der Waals surface area contributed by atoms with Crippen LogP contribution in [0.25, 0.3) is 0 Å². The van der Waals surface area contributed by atoms with Gasteiger partial charge in [-0.05, 0) is 0 Å². The van der Waals surface area contributed by atoms with Crippen molar-refractivity contribution in [3.05, 3.63) is 0 Å². The summed E-state index contributed by atoms with van der Waals surface area (Å²) < 4.78 is 48.0. The van der Waals surface area contributed by atoms with Gasteiger partial charge >= 0.3 is 5.76 Å². The molecule has 0 aliphatic carbocycles. The molecule has 0 unspecified atom stereocenters. The van der Waals surface area contributed by atoms with E-state index in [0.717, 1.165) is 0 Å². The van der Waals surface area contributed by atoms with Crippen LogP contribution in [-0.2, 0) is 9.63 Å². The Morgan fingerprint density at radius 1 is 1.50 bits per heavy atom. The van der Waals surface area contributed by atoms with Gasteiger partial charge in [0.15, 0.2) is 0 Å². The van der Waals surface area contributed by atoms with E-state index >= 15 is 0 Å². The minimum Gasteiger partial charge on any atom is -0.304 e. The number of hydrogen-bond donors (Lipinski definition) is 2. The van der Waals surface area contributed by atoms with Crippen molar-refractivity contribution in [1.82, 2.24) is 0 Å². The molecule has 0 aliphatic heterocycles. The van der Waals surface area contributed by atoms with Crippen LogP contribution in [-0.4, -0.2) is 25.3 Å². The molecule has 0 spiro atoms. The minimum atomic E-state index is -5.55. The average Bonchev–Trinajstić information content (AvgIpc) is 1.27. The number of rotatable bonds is 1. The largest absolute Gasteiger partial charge is 0.332 e. The highest BCUT2D eigenvalue weighted by atomic mass is 32.3. The predicted octanol–water partition coefficient (Wildman–Crippen LogP) is 0.605. The molecule has 3 nitrogen and oxygen atoms in total. The first-order valence-corrected chi connectivity index (χ1v) is 3.96. The molecule has 8 heavy (non-hydrogen) atoms. The SMILES string of the molecule is CS(=O)(O)(O)C(F)F. The summed E-state index contributed by atoms with van der Waals surface area (Å²) >= 11 is 0. The molecule has 0 amide bonds. The third kappa shape index (κ3) is 2.29. The van der Waals surface area contributed by atoms with E-state index in [1.807, 2.05) is 0 Å². The lowest BCUT2D eigenvalue weighted by molar-refractivity contribution is 0.191. The Kier molecular flexibility index (Phi) is 1.44. The molecule has 0 rings (SSSR count).